The number of nitrogens with zero attached hydrogens (tertiary/aromatic N) is 1. The Labute approximate surface area is 145 Å². The minimum atomic E-state index is -0.263. The van der Waals surface area contributed by atoms with Crippen molar-refractivity contribution in [1.29, 1.82) is 0 Å². The number of carbonyl (C=O) groups is 1. The molecular formula is C16H20Cl2N2O3. The Morgan fingerprint density at radius 1 is 1.30 bits per heavy atom. The van der Waals surface area contributed by atoms with Gasteiger partial charge in [0.2, 0.25) is 5.91 Å². The number of nitrogens with one attached hydrogen (secondary N) is 1. The Morgan fingerprint density at radius 3 is 2.78 bits per heavy atom. The molecule has 1 aromatic rings. The average molecular weight is 359 g/mol. The van der Waals surface area contributed by atoms with E-state index in [1.807, 2.05) is 4.90 Å². The van der Waals surface area contributed by atoms with Crippen molar-refractivity contribution in [3.05, 3.63) is 27.7 Å². The maximum absolute atomic E-state index is 12.7. The van der Waals surface area contributed by atoms with E-state index in [1.165, 1.54) is 0 Å². The normalized spacial score (nSPS) is 25.4. The SMILES string of the molecule is O=C([C@H]1C[C@@H](c2c(O)ccc(Cl)c2Cl)CCN1)N1CCOCC1. The lowest BCUT2D eigenvalue weighted by atomic mass is 9.85. The van der Waals surface area contributed by atoms with Gasteiger partial charge in [0.05, 0.1) is 29.3 Å². The van der Waals surface area contributed by atoms with Crippen LogP contribution in [0, 0.1) is 0 Å². The highest BCUT2D eigenvalue weighted by Crippen LogP contribution is 2.41. The number of amides is 1. The summed E-state index contributed by atoms with van der Waals surface area (Å²) < 4.78 is 5.29. The maximum atomic E-state index is 12.7. The molecule has 0 radical (unpaired) electrons. The molecule has 126 valence electrons. The summed E-state index contributed by atoms with van der Waals surface area (Å²) in [4.78, 5) is 14.5. The number of hydrogen-bond donors (Lipinski definition) is 2. The third-order valence-corrected chi connectivity index (χ3v) is 5.36. The monoisotopic (exact) mass is 358 g/mol. The Balaban J connectivity index is 1.76. The molecule has 7 heteroatoms. The van der Waals surface area contributed by atoms with E-state index in [-0.39, 0.29) is 23.6 Å². The van der Waals surface area contributed by atoms with Crippen LogP contribution in [0.4, 0.5) is 0 Å². The van der Waals surface area contributed by atoms with Crippen molar-refractivity contribution in [1.82, 2.24) is 10.2 Å². The lowest BCUT2D eigenvalue weighted by Gasteiger charge is -2.35. The highest BCUT2D eigenvalue weighted by atomic mass is 35.5. The van der Waals surface area contributed by atoms with Crippen LogP contribution < -0.4 is 5.32 Å². The Morgan fingerprint density at radius 2 is 2.04 bits per heavy atom. The zero-order valence-electron chi connectivity index (χ0n) is 12.7. The van der Waals surface area contributed by atoms with Crippen LogP contribution in [0.3, 0.4) is 0 Å². The largest absolute Gasteiger partial charge is 0.508 e. The third-order valence-electron chi connectivity index (χ3n) is 4.54. The number of morpholine rings is 1. The first-order valence-corrected chi connectivity index (χ1v) is 8.60. The van der Waals surface area contributed by atoms with E-state index in [2.05, 4.69) is 5.32 Å². The van der Waals surface area contributed by atoms with Crippen LogP contribution in [0.25, 0.3) is 0 Å². The van der Waals surface area contributed by atoms with E-state index in [9.17, 15) is 9.90 Å². The van der Waals surface area contributed by atoms with E-state index >= 15 is 0 Å². The molecule has 1 aromatic carbocycles. The maximum Gasteiger partial charge on any atom is 0.239 e. The summed E-state index contributed by atoms with van der Waals surface area (Å²) in [7, 11) is 0. The van der Waals surface area contributed by atoms with Gasteiger partial charge in [-0.25, -0.2) is 0 Å². The Hall–Kier alpha value is -1.01. The number of phenolic OH excluding ortho intramolecular Hbond substituents is 1. The number of rotatable bonds is 2. The molecule has 2 aliphatic heterocycles. The second-order valence-electron chi connectivity index (χ2n) is 5.96. The van der Waals surface area contributed by atoms with E-state index < -0.39 is 0 Å². The molecule has 0 saturated carbocycles. The standard InChI is InChI=1S/C16H20Cl2N2O3/c17-11-1-2-13(21)14(15(11)18)10-3-4-19-12(9-10)16(22)20-5-7-23-8-6-20/h1-2,10,12,19,21H,3-9H2/t10-,12+/m0/s1. The summed E-state index contributed by atoms with van der Waals surface area (Å²) in [5, 5.41) is 14.3. The predicted molar refractivity (Wildman–Crippen MR) is 89.3 cm³/mol. The smallest absolute Gasteiger partial charge is 0.239 e. The van der Waals surface area contributed by atoms with Crippen molar-refractivity contribution < 1.29 is 14.6 Å². The number of benzene rings is 1. The molecule has 2 saturated heterocycles. The van der Waals surface area contributed by atoms with Gasteiger partial charge in [-0.05, 0) is 37.4 Å². The third kappa shape index (κ3) is 3.58. The van der Waals surface area contributed by atoms with E-state index in [0.29, 0.717) is 54.9 Å². The first kappa shape index (κ1) is 16.8. The van der Waals surface area contributed by atoms with Gasteiger partial charge in [-0.15, -0.1) is 0 Å². The van der Waals surface area contributed by atoms with E-state index in [0.717, 1.165) is 6.42 Å². The number of halogens is 2. The zero-order valence-corrected chi connectivity index (χ0v) is 14.2. The summed E-state index contributed by atoms with van der Waals surface area (Å²) in [5.74, 6) is 0.247. The van der Waals surface area contributed by atoms with Crippen LogP contribution in [0.2, 0.25) is 10.0 Å². The topological polar surface area (TPSA) is 61.8 Å². The van der Waals surface area contributed by atoms with Crippen molar-refractivity contribution in [2.75, 3.05) is 32.8 Å². The fourth-order valence-corrected chi connectivity index (χ4v) is 3.80. The number of piperidine rings is 1. The summed E-state index contributed by atoms with van der Waals surface area (Å²) in [5.41, 5.74) is 0.653. The van der Waals surface area contributed by atoms with Gasteiger partial charge in [-0.3, -0.25) is 4.79 Å². The number of hydrogen-bond acceptors (Lipinski definition) is 4. The van der Waals surface area contributed by atoms with Crippen LogP contribution in [0.5, 0.6) is 5.75 Å². The van der Waals surface area contributed by atoms with Gasteiger partial charge in [0, 0.05) is 18.7 Å². The summed E-state index contributed by atoms with van der Waals surface area (Å²) in [6, 6.07) is 2.88. The predicted octanol–water partition coefficient (Wildman–Crippen LogP) is 2.39. The minimum absolute atomic E-state index is 0.0115. The fraction of sp³-hybridized carbons (Fsp3) is 0.562. The van der Waals surface area contributed by atoms with Crippen molar-refractivity contribution in [3.8, 4) is 5.75 Å². The number of ether oxygens (including phenoxy) is 1. The molecule has 2 atom stereocenters. The molecule has 2 aliphatic rings. The first-order valence-electron chi connectivity index (χ1n) is 7.84. The van der Waals surface area contributed by atoms with Gasteiger partial charge in [0.1, 0.15) is 5.75 Å². The van der Waals surface area contributed by atoms with Crippen LogP contribution in [0.1, 0.15) is 24.3 Å². The molecule has 0 aromatic heterocycles. The van der Waals surface area contributed by atoms with E-state index in [4.69, 9.17) is 27.9 Å². The molecule has 0 aliphatic carbocycles. The van der Waals surface area contributed by atoms with Crippen molar-refractivity contribution in [3.63, 3.8) is 0 Å². The van der Waals surface area contributed by atoms with Crippen LogP contribution >= 0.6 is 23.2 Å². The number of phenols is 1. The van der Waals surface area contributed by atoms with E-state index in [1.54, 1.807) is 12.1 Å². The van der Waals surface area contributed by atoms with Crippen LogP contribution in [-0.4, -0.2) is 54.8 Å². The molecule has 1 amide bonds. The highest BCUT2D eigenvalue weighted by molar-refractivity contribution is 6.42. The molecule has 23 heavy (non-hydrogen) atoms. The lowest BCUT2D eigenvalue weighted by Crippen LogP contribution is -2.52. The molecule has 2 N–H and O–H groups in total. The molecule has 3 rings (SSSR count). The number of aromatic hydroxyl groups is 1. The van der Waals surface area contributed by atoms with Gasteiger partial charge < -0.3 is 20.1 Å². The molecule has 0 spiro atoms. The van der Waals surface area contributed by atoms with Gasteiger partial charge >= 0.3 is 0 Å². The second-order valence-corrected chi connectivity index (χ2v) is 6.75. The van der Waals surface area contributed by atoms with Crippen LogP contribution in [-0.2, 0) is 9.53 Å². The van der Waals surface area contributed by atoms with Gasteiger partial charge in [0.15, 0.2) is 0 Å². The Bertz CT molecular complexity index is 591. The Kier molecular flexibility index (Phi) is 5.31. The van der Waals surface area contributed by atoms with Crippen LogP contribution in [0.15, 0.2) is 12.1 Å². The van der Waals surface area contributed by atoms with Gasteiger partial charge in [-0.1, -0.05) is 23.2 Å². The van der Waals surface area contributed by atoms with Crippen molar-refractivity contribution in [2.45, 2.75) is 24.8 Å². The molecule has 5 nitrogen and oxygen atoms in total. The van der Waals surface area contributed by atoms with Crippen molar-refractivity contribution >= 4 is 29.1 Å². The zero-order chi connectivity index (χ0) is 16.4. The molecule has 0 bridgehead atoms. The quantitative estimate of drug-likeness (QED) is 0.851. The summed E-state index contributed by atoms with van der Waals surface area (Å²) in [6.07, 6.45) is 1.41. The second kappa shape index (κ2) is 7.26. The molecule has 0 unspecified atom stereocenters. The minimum Gasteiger partial charge on any atom is -0.508 e. The summed E-state index contributed by atoms with van der Waals surface area (Å²) in [6.45, 7) is 3.13. The molecule has 2 heterocycles. The lowest BCUT2D eigenvalue weighted by molar-refractivity contribution is -0.138. The molecule has 2 fully saturated rings. The molecular weight excluding hydrogens is 339 g/mol. The van der Waals surface area contributed by atoms with Gasteiger partial charge in [-0.2, -0.15) is 0 Å². The highest BCUT2D eigenvalue weighted by Gasteiger charge is 2.33. The average Bonchev–Trinajstić information content (AvgIpc) is 2.59. The van der Waals surface area contributed by atoms with Gasteiger partial charge in [0.25, 0.3) is 0 Å². The number of carbonyl (C=O) groups excluding carboxylic acids is 1. The fourth-order valence-electron chi connectivity index (χ4n) is 3.32. The van der Waals surface area contributed by atoms with Crippen molar-refractivity contribution in [2.24, 2.45) is 0 Å². The summed E-state index contributed by atoms with van der Waals surface area (Å²) >= 11 is 12.4. The first-order chi connectivity index (χ1) is 11.1.